The van der Waals surface area contributed by atoms with Gasteiger partial charge in [-0.05, 0) is 48.4 Å². The number of hydrogen-bond donors (Lipinski definition) is 2. The summed E-state index contributed by atoms with van der Waals surface area (Å²) in [7, 11) is 0. The highest BCUT2D eigenvalue weighted by molar-refractivity contribution is 9.10. The highest BCUT2D eigenvalue weighted by Crippen LogP contribution is 2.33. The summed E-state index contributed by atoms with van der Waals surface area (Å²) in [6.07, 6.45) is -3.17. The molecule has 0 unspecified atom stereocenters. The number of aromatic hydroxyl groups is 1. The second kappa shape index (κ2) is 8.76. The summed E-state index contributed by atoms with van der Waals surface area (Å²) in [4.78, 5) is 12.1. The van der Waals surface area contributed by atoms with Crippen LogP contribution in [0.2, 0.25) is 5.02 Å². The standard InChI is InChI=1S/C18H12BrClF3N3O2S/c19-12-2-4-14(27)10(6-12)8-24-26-17-25-16(28)15(29-17)7-9-5-11(18(21,22)23)1-3-13(9)20/h1-6,8,15,27H,7H2,(H,25,26,28)/b24-8-/t15-/m1/s1. The fourth-order valence-corrected chi connectivity index (χ4v) is 3.99. The molecule has 3 rings (SSSR count). The average Bonchev–Trinajstić information content (AvgIpc) is 2.98. The number of nitrogens with zero attached hydrogens (tertiary/aromatic N) is 2. The normalized spacial score (nSPS) is 18.6. The fourth-order valence-electron chi connectivity index (χ4n) is 2.47. The second-order valence-electron chi connectivity index (χ2n) is 5.96. The maximum atomic E-state index is 12.9. The van der Waals surface area contributed by atoms with Gasteiger partial charge in [0.05, 0.1) is 17.0 Å². The van der Waals surface area contributed by atoms with Crippen molar-refractivity contribution in [2.45, 2.75) is 17.8 Å². The summed E-state index contributed by atoms with van der Waals surface area (Å²) in [5.41, 5.74) is -0.184. The molecule has 1 heterocycles. The van der Waals surface area contributed by atoms with E-state index in [4.69, 9.17) is 11.6 Å². The van der Waals surface area contributed by atoms with Crippen molar-refractivity contribution in [1.82, 2.24) is 5.32 Å². The van der Waals surface area contributed by atoms with E-state index in [2.05, 4.69) is 31.4 Å². The van der Waals surface area contributed by atoms with Crippen molar-refractivity contribution < 1.29 is 23.1 Å². The Morgan fingerprint density at radius 1 is 1.28 bits per heavy atom. The number of amidine groups is 1. The molecule has 0 aromatic heterocycles. The average molecular weight is 507 g/mol. The number of carbonyl (C=O) groups is 1. The minimum absolute atomic E-state index is 0.00834. The van der Waals surface area contributed by atoms with E-state index in [9.17, 15) is 23.1 Å². The molecule has 152 valence electrons. The minimum Gasteiger partial charge on any atom is -0.507 e. The lowest BCUT2D eigenvalue weighted by atomic mass is 10.1. The van der Waals surface area contributed by atoms with Gasteiger partial charge in [0.2, 0.25) is 5.91 Å². The van der Waals surface area contributed by atoms with Gasteiger partial charge in [-0.3, -0.25) is 4.79 Å². The number of phenols is 1. The number of benzene rings is 2. The third-order valence-electron chi connectivity index (χ3n) is 3.89. The Hall–Kier alpha value is -2.04. The zero-order chi connectivity index (χ0) is 21.2. The van der Waals surface area contributed by atoms with Crippen molar-refractivity contribution in [1.29, 1.82) is 0 Å². The third-order valence-corrected chi connectivity index (χ3v) is 5.82. The van der Waals surface area contributed by atoms with E-state index in [1.807, 2.05) is 0 Å². The fraction of sp³-hybridized carbons (Fsp3) is 0.167. The molecule has 0 aliphatic carbocycles. The minimum atomic E-state index is -4.50. The summed E-state index contributed by atoms with van der Waals surface area (Å²) < 4.78 is 39.4. The Bertz CT molecular complexity index is 1010. The first-order chi connectivity index (χ1) is 13.6. The number of phenolic OH excluding ortho intramolecular Hbond substituents is 1. The zero-order valence-corrected chi connectivity index (χ0v) is 17.5. The molecule has 1 saturated heterocycles. The van der Waals surface area contributed by atoms with E-state index in [-0.39, 0.29) is 27.9 Å². The molecule has 0 spiro atoms. The van der Waals surface area contributed by atoms with Crippen LogP contribution in [-0.2, 0) is 17.4 Å². The molecule has 1 aliphatic heterocycles. The van der Waals surface area contributed by atoms with Crippen molar-refractivity contribution in [2.75, 3.05) is 0 Å². The maximum Gasteiger partial charge on any atom is 0.416 e. The molecule has 2 aromatic rings. The van der Waals surface area contributed by atoms with Crippen LogP contribution in [0, 0.1) is 0 Å². The van der Waals surface area contributed by atoms with Crippen molar-refractivity contribution in [2.24, 2.45) is 10.2 Å². The number of nitrogens with one attached hydrogen (secondary N) is 1. The molecule has 2 aromatic carbocycles. The predicted molar refractivity (Wildman–Crippen MR) is 111 cm³/mol. The quantitative estimate of drug-likeness (QED) is 0.453. The number of thioether (sulfide) groups is 1. The number of carbonyl (C=O) groups excluding carboxylic acids is 1. The van der Waals surface area contributed by atoms with Gasteiger partial charge in [-0.2, -0.15) is 18.3 Å². The van der Waals surface area contributed by atoms with Crippen LogP contribution >= 0.6 is 39.3 Å². The van der Waals surface area contributed by atoms with Crippen molar-refractivity contribution >= 4 is 56.6 Å². The molecular formula is C18H12BrClF3N3O2S. The molecule has 11 heteroatoms. The highest BCUT2D eigenvalue weighted by Gasteiger charge is 2.34. The van der Waals surface area contributed by atoms with E-state index in [0.29, 0.717) is 5.56 Å². The van der Waals surface area contributed by atoms with Crippen LogP contribution in [0.5, 0.6) is 5.75 Å². The molecule has 1 amide bonds. The van der Waals surface area contributed by atoms with E-state index < -0.39 is 22.9 Å². The second-order valence-corrected chi connectivity index (χ2v) is 8.47. The van der Waals surface area contributed by atoms with Crippen molar-refractivity contribution in [3.8, 4) is 5.75 Å². The zero-order valence-electron chi connectivity index (χ0n) is 14.4. The number of halogens is 5. The topological polar surface area (TPSA) is 74.0 Å². The molecule has 1 fully saturated rings. The van der Waals surface area contributed by atoms with Crippen LogP contribution in [0.25, 0.3) is 0 Å². The van der Waals surface area contributed by atoms with Crippen LogP contribution in [0.1, 0.15) is 16.7 Å². The van der Waals surface area contributed by atoms with Gasteiger partial charge in [0.25, 0.3) is 0 Å². The number of rotatable bonds is 4. The third kappa shape index (κ3) is 5.52. The number of amides is 1. The largest absolute Gasteiger partial charge is 0.507 e. The van der Waals surface area contributed by atoms with Crippen LogP contribution < -0.4 is 5.32 Å². The first-order valence-corrected chi connectivity index (χ1v) is 10.1. The molecule has 0 radical (unpaired) electrons. The molecule has 5 nitrogen and oxygen atoms in total. The van der Waals surface area contributed by atoms with Gasteiger partial charge in [-0.25, -0.2) is 0 Å². The lowest BCUT2D eigenvalue weighted by Gasteiger charge is -2.12. The van der Waals surface area contributed by atoms with Gasteiger partial charge in [-0.15, -0.1) is 5.10 Å². The molecule has 0 saturated carbocycles. The molecule has 29 heavy (non-hydrogen) atoms. The van der Waals surface area contributed by atoms with E-state index in [1.54, 1.807) is 12.1 Å². The lowest BCUT2D eigenvalue weighted by Crippen LogP contribution is -2.26. The smallest absolute Gasteiger partial charge is 0.416 e. The van der Waals surface area contributed by atoms with Crippen molar-refractivity contribution in [3.05, 3.63) is 62.6 Å². The SMILES string of the molecule is O=C1N/C(=N\N=C/c2cc(Br)ccc2O)S[C@@H]1Cc1cc(C(F)(F)F)ccc1Cl. The van der Waals surface area contributed by atoms with Crippen LogP contribution in [0.4, 0.5) is 13.2 Å². The van der Waals surface area contributed by atoms with E-state index in [0.717, 1.165) is 28.4 Å². The first kappa shape index (κ1) is 21.7. The Morgan fingerprint density at radius 3 is 2.76 bits per heavy atom. The Kier molecular flexibility index (Phi) is 6.55. The van der Waals surface area contributed by atoms with Crippen molar-refractivity contribution in [3.63, 3.8) is 0 Å². The van der Waals surface area contributed by atoms with Crippen LogP contribution in [0.15, 0.2) is 51.1 Å². The molecule has 1 atom stereocenters. The Morgan fingerprint density at radius 2 is 2.03 bits per heavy atom. The van der Waals surface area contributed by atoms with Gasteiger partial charge in [0.1, 0.15) is 5.75 Å². The monoisotopic (exact) mass is 505 g/mol. The molecule has 2 N–H and O–H groups in total. The van der Waals surface area contributed by atoms with E-state index in [1.165, 1.54) is 18.3 Å². The van der Waals surface area contributed by atoms with Gasteiger partial charge in [-0.1, -0.05) is 39.3 Å². The maximum absolute atomic E-state index is 12.9. The summed E-state index contributed by atoms with van der Waals surface area (Å²) in [6, 6.07) is 7.79. The van der Waals surface area contributed by atoms with Gasteiger partial charge in [0.15, 0.2) is 5.17 Å². The summed E-state index contributed by atoms with van der Waals surface area (Å²) in [6.45, 7) is 0. The van der Waals surface area contributed by atoms with Gasteiger partial charge in [0, 0.05) is 15.1 Å². The lowest BCUT2D eigenvalue weighted by molar-refractivity contribution is -0.137. The molecular weight excluding hydrogens is 495 g/mol. The Labute approximate surface area is 181 Å². The predicted octanol–water partition coefficient (Wildman–Crippen LogP) is 4.99. The first-order valence-electron chi connectivity index (χ1n) is 8.06. The van der Waals surface area contributed by atoms with Crippen LogP contribution in [-0.4, -0.2) is 27.6 Å². The molecule has 1 aliphatic rings. The summed E-state index contributed by atoms with van der Waals surface area (Å²) >= 11 is 10.3. The van der Waals surface area contributed by atoms with Gasteiger partial charge >= 0.3 is 6.18 Å². The number of hydrogen-bond acceptors (Lipinski definition) is 5. The summed E-state index contributed by atoms with van der Waals surface area (Å²) in [5, 5.41) is 19.7. The van der Waals surface area contributed by atoms with Crippen LogP contribution in [0.3, 0.4) is 0 Å². The highest BCUT2D eigenvalue weighted by atomic mass is 79.9. The van der Waals surface area contributed by atoms with Gasteiger partial charge < -0.3 is 10.4 Å². The molecule has 0 bridgehead atoms. The number of alkyl halides is 3. The Balaban J connectivity index is 1.71. The summed E-state index contributed by atoms with van der Waals surface area (Å²) in [5.74, 6) is -0.389. The van der Waals surface area contributed by atoms with E-state index >= 15 is 0 Å².